The molecule has 2 rings (SSSR count). The number of nitrogens with two attached hydrogens (primary N) is 1. The van der Waals surface area contributed by atoms with Crippen molar-refractivity contribution < 1.29 is 9.47 Å². The van der Waals surface area contributed by atoms with Gasteiger partial charge in [0.2, 0.25) is 0 Å². The van der Waals surface area contributed by atoms with E-state index in [0.717, 1.165) is 17.7 Å². The summed E-state index contributed by atoms with van der Waals surface area (Å²) in [5, 5.41) is 0. The molecular weight excluding hydrogens is 262 g/mol. The Morgan fingerprint density at radius 1 is 0.952 bits per heavy atom. The lowest BCUT2D eigenvalue weighted by Gasteiger charge is -2.19. The smallest absolute Gasteiger partial charge is 0.123 e. The lowest BCUT2D eigenvalue weighted by Crippen LogP contribution is -2.15. The molecule has 0 aliphatic rings. The summed E-state index contributed by atoms with van der Waals surface area (Å²) in [5.41, 5.74) is 8.36. The van der Waals surface area contributed by atoms with Gasteiger partial charge in [0.25, 0.3) is 0 Å². The first-order chi connectivity index (χ1) is 10.4. The van der Waals surface area contributed by atoms with E-state index in [-0.39, 0.29) is 5.92 Å². The third kappa shape index (κ3) is 4.31. The fourth-order valence-corrected chi connectivity index (χ4v) is 2.41. The average Bonchev–Trinajstić information content (AvgIpc) is 2.55. The number of hydrogen-bond donors (Lipinski definition) is 1. The van der Waals surface area contributed by atoms with Crippen molar-refractivity contribution in [2.24, 2.45) is 5.73 Å². The molecule has 0 spiro atoms. The molecule has 0 saturated carbocycles. The van der Waals surface area contributed by atoms with Gasteiger partial charge < -0.3 is 15.2 Å². The molecule has 0 amide bonds. The summed E-state index contributed by atoms with van der Waals surface area (Å²) in [5.74, 6) is 1.07. The second-order valence-electron chi connectivity index (χ2n) is 4.93. The molecule has 0 fully saturated rings. The normalized spacial score (nSPS) is 12.1. The Bertz CT molecular complexity index is 528. The standard InChI is InChI=1S/C18H23NO2/c1-20-12-7-13-21-18-11-6-5-10-16(18)17(14-19)15-8-3-2-4-9-15/h2-6,8-11,17H,7,12-14,19H2,1H3. The van der Waals surface area contributed by atoms with Crippen LogP contribution in [0.3, 0.4) is 0 Å². The Hall–Kier alpha value is -1.84. The van der Waals surface area contributed by atoms with Gasteiger partial charge in [-0.1, -0.05) is 48.5 Å². The first-order valence-electron chi connectivity index (χ1n) is 7.32. The van der Waals surface area contributed by atoms with Crippen LogP contribution in [0.1, 0.15) is 23.5 Å². The quantitative estimate of drug-likeness (QED) is 0.758. The van der Waals surface area contributed by atoms with Crippen LogP contribution in [0, 0.1) is 0 Å². The van der Waals surface area contributed by atoms with Crippen molar-refractivity contribution in [2.75, 3.05) is 26.9 Å². The summed E-state index contributed by atoms with van der Waals surface area (Å²) < 4.78 is 11.0. The van der Waals surface area contributed by atoms with E-state index in [9.17, 15) is 0 Å². The molecule has 3 nitrogen and oxygen atoms in total. The van der Waals surface area contributed by atoms with E-state index in [0.29, 0.717) is 19.8 Å². The summed E-state index contributed by atoms with van der Waals surface area (Å²) in [6, 6.07) is 18.4. The predicted molar refractivity (Wildman–Crippen MR) is 85.8 cm³/mol. The third-order valence-electron chi connectivity index (χ3n) is 3.48. The van der Waals surface area contributed by atoms with Crippen LogP contribution in [-0.4, -0.2) is 26.9 Å². The lowest BCUT2D eigenvalue weighted by molar-refractivity contribution is 0.171. The minimum Gasteiger partial charge on any atom is -0.493 e. The Morgan fingerprint density at radius 3 is 2.38 bits per heavy atom. The fourth-order valence-electron chi connectivity index (χ4n) is 2.41. The van der Waals surface area contributed by atoms with E-state index in [2.05, 4.69) is 18.2 Å². The second kappa shape index (κ2) is 8.45. The minimum atomic E-state index is 0.157. The lowest BCUT2D eigenvalue weighted by atomic mass is 9.91. The molecule has 2 aromatic rings. The first-order valence-corrected chi connectivity index (χ1v) is 7.32. The molecule has 1 unspecified atom stereocenters. The number of rotatable bonds is 8. The highest BCUT2D eigenvalue weighted by molar-refractivity contribution is 5.42. The monoisotopic (exact) mass is 285 g/mol. The maximum atomic E-state index is 6.01. The molecule has 0 aliphatic heterocycles. The van der Waals surface area contributed by atoms with Crippen LogP contribution in [0.15, 0.2) is 54.6 Å². The molecule has 3 heteroatoms. The molecule has 112 valence electrons. The van der Waals surface area contributed by atoms with E-state index in [4.69, 9.17) is 15.2 Å². The number of methoxy groups -OCH3 is 1. The van der Waals surface area contributed by atoms with Crippen molar-refractivity contribution in [3.8, 4) is 5.75 Å². The number of benzene rings is 2. The zero-order chi connectivity index (χ0) is 14.9. The molecule has 0 bridgehead atoms. The molecular formula is C18H23NO2. The highest BCUT2D eigenvalue weighted by Gasteiger charge is 2.16. The van der Waals surface area contributed by atoms with Crippen molar-refractivity contribution >= 4 is 0 Å². The van der Waals surface area contributed by atoms with Crippen molar-refractivity contribution in [1.82, 2.24) is 0 Å². The van der Waals surface area contributed by atoms with Gasteiger partial charge in [-0.05, 0) is 11.6 Å². The maximum Gasteiger partial charge on any atom is 0.123 e. The minimum absolute atomic E-state index is 0.157. The van der Waals surface area contributed by atoms with E-state index >= 15 is 0 Å². The van der Waals surface area contributed by atoms with Gasteiger partial charge >= 0.3 is 0 Å². The Labute approximate surface area is 126 Å². The van der Waals surface area contributed by atoms with Gasteiger partial charge in [-0.15, -0.1) is 0 Å². The van der Waals surface area contributed by atoms with Gasteiger partial charge in [-0.2, -0.15) is 0 Å². The number of para-hydroxylation sites is 1. The molecule has 2 aromatic carbocycles. The predicted octanol–water partition coefficient (Wildman–Crippen LogP) is 3.19. The molecule has 2 N–H and O–H groups in total. The van der Waals surface area contributed by atoms with Gasteiger partial charge in [-0.3, -0.25) is 0 Å². The van der Waals surface area contributed by atoms with Crippen LogP contribution < -0.4 is 10.5 Å². The molecule has 0 aromatic heterocycles. The Kier molecular flexibility index (Phi) is 6.25. The van der Waals surface area contributed by atoms with Crippen molar-refractivity contribution in [3.05, 3.63) is 65.7 Å². The Morgan fingerprint density at radius 2 is 1.67 bits per heavy atom. The van der Waals surface area contributed by atoms with Gasteiger partial charge in [0, 0.05) is 38.2 Å². The third-order valence-corrected chi connectivity index (χ3v) is 3.48. The molecule has 0 heterocycles. The van der Waals surface area contributed by atoms with E-state index < -0.39 is 0 Å². The molecule has 1 atom stereocenters. The van der Waals surface area contributed by atoms with Crippen LogP contribution in [-0.2, 0) is 4.74 Å². The SMILES string of the molecule is COCCCOc1ccccc1C(CN)c1ccccc1. The van der Waals surface area contributed by atoms with E-state index in [1.165, 1.54) is 5.56 Å². The zero-order valence-corrected chi connectivity index (χ0v) is 12.5. The van der Waals surface area contributed by atoms with Gasteiger partial charge in [-0.25, -0.2) is 0 Å². The summed E-state index contributed by atoms with van der Waals surface area (Å²) >= 11 is 0. The summed E-state index contributed by atoms with van der Waals surface area (Å²) in [4.78, 5) is 0. The van der Waals surface area contributed by atoms with Gasteiger partial charge in [0.15, 0.2) is 0 Å². The highest BCUT2D eigenvalue weighted by atomic mass is 16.5. The Balaban J connectivity index is 2.17. The topological polar surface area (TPSA) is 44.5 Å². The molecule has 21 heavy (non-hydrogen) atoms. The van der Waals surface area contributed by atoms with Gasteiger partial charge in [0.1, 0.15) is 5.75 Å². The van der Waals surface area contributed by atoms with Crippen molar-refractivity contribution in [2.45, 2.75) is 12.3 Å². The van der Waals surface area contributed by atoms with E-state index in [1.807, 2.05) is 36.4 Å². The van der Waals surface area contributed by atoms with Crippen LogP contribution in [0.5, 0.6) is 5.75 Å². The first kappa shape index (κ1) is 15.5. The second-order valence-corrected chi connectivity index (χ2v) is 4.93. The molecule has 0 radical (unpaired) electrons. The molecule has 0 aliphatic carbocycles. The summed E-state index contributed by atoms with van der Waals surface area (Å²) in [6.45, 7) is 1.92. The average molecular weight is 285 g/mol. The number of ether oxygens (including phenoxy) is 2. The van der Waals surface area contributed by atoms with E-state index in [1.54, 1.807) is 7.11 Å². The number of hydrogen-bond acceptors (Lipinski definition) is 3. The molecule has 0 saturated heterocycles. The van der Waals surface area contributed by atoms with Gasteiger partial charge in [0.05, 0.1) is 6.61 Å². The fraction of sp³-hybridized carbons (Fsp3) is 0.333. The van der Waals surface area contributed by atoms with Crippen LogP contribution in [0.25, 0.3) is 0 Å². The summed E-state index contributed by atoms with van der Waals surface area (Å²) in [6.07, 6.45) is 0.878. The van der Waals surface area contributed by atoms with Crippen LogP contribution in [0.2, 0.25) is 0 Å². The van der Waals surface area contributed by atoms with Crippen molar-refractivity contribution in [1.29, 1.82) is 0 Å². The maximum absolute atomic E-state index is 6.01. The van der Waals surface area contributed by atoms with Crippen LogP contribution >= 0.6 is 0 Å². The van der Waals surface area contributed by atoms with Crippen LogP contribution in [0.4, 0.5) is 0 Å². The zero-order valence-electron chi connectivity index (χ0n) is 12.5. The van der Waals surface area contributed by atoms with Crippen molar-refractivity contribution in [3.63, 3.8) is 0 Å². The largest absolute Gasteiger partial charge is 0.493 e. The highest BCUT2D eigenvalue weighted by Crippen LogP contribution is 2.31. The summed E-state index contributed by atoms with van der Waals surface area (Å²) in [7, 11) is 1.70.